The van der Waals surface area contributed by atoms with Crippen LogP contribution in [0.15, 0.2) is 18.3 Å². The van der Waals surface area contributed by atoms with Crippen LogP contribution in [-0.4, -0.2) is 32.0 Å². The highest BCUT2D eigenvalue weighted by molar-refractivity contribution is 7.86. The Kier molecular flexibility index (Phi) is 4.07. The molecule has 100 valence electrons. The maximum Gasteiger partial charge on any atom is 0.433 e. The van der Waals surface area contributed by atoms with Crippen molar-refractivity contribution in [2.24, 2.45) is 0 Å². The summed E-state index contributed by atoms with van der Waals surface area (Å²) in [5.41, 5.74) is -1.30. The molecule has 5 nitrogen and oxygen atoms in total. The third kappa shape index (κ3) is 4.41. The molecule has 1 rings (SSSR count). The molecular weight excluding hydrogens is 275 g/mol. The van der Waals surface area contributed by atoms with Crippen LogP contribution in [0.3, 0.4) is 0 Å². The van der Waals surface area contributed by atoms with Gasteiger partial charge in [0.25, 0.3) is 10.1 Å². The Hall–Kier alpha value is -1.48. The van der Waals surface area contributed by atoms with Gasteiger partial charge in [-0.3, -0.25) is 14.0 Å². The molecule has 0 bridgehead atoms. The van der Waals surface area contributed by atoms with Crippen molar-refractivity contribution in [3.63, 3.8) is 0 Å². The van der Waals surface area contributed by atoms with E-state index in [1.807, 2.05) is 0 Å². The van der Waals surface area contributed by atoms with Gasteiger partial charge in [0.2, 0.25) is 0 Å². The standard InChI is InChI=1S/C9H8F3NO4S/c1-18(15,16)17-5-7(14)6-2-3-8(13-4-6)9(10,11)12/h2-4H,5H2,1H3. The fourth-order valence-electron chi connectivity index (χ4n) is 0.970. The largest absolute Gasteiger partial charge is 0.433 e. The summed E-state index contributed by atoms with van der Waals surface area (Å²) in [5.74, 6) is -0.776. The Morgan fingerprint density at radius 1 is 1.39 bits per heavy atom. The first-order chi connectivity index (χ1) is 8.09. The van der Waals surface area contributed by atoms with E-state index in [1.165, 1.54) is 0 Å². The molecule has 0 saturated heterocycles. The Morgan fingerprint density at radius 3 is 2.39 bits per heavy atom. The molecule has 0 saturated carbocycles. The molecule has 0 aromatic carbocycles. The zero-order valence-electron chi connectivity index (χ0n) is 9.06. The average Bonchev–Trinajstić information content (AvgIpc) is 2.24. The van der Waals surface area contributed by atoms with Crippen molar-refractivity contribution in [2.75, 3.05) is 12.9 Å². The number of nitrogens with zero attached hydrogens (tertiary/aromatic N) is 1. The van der Waals surface area contributed by atoms with Crippen molar-refractivity contribution in [3.05, 3.63) is 29.6 Å². The number of pyridine rings is 1. The number of carbonyl (C=O) groups excluding carboxylic acids is 1. The fraction of sp³-hybridized carbons (Fsp3) is 0.333. The highest BCUT2D eigenvalue weighted by atomic mass is 32.2. The quantitative estimate of drug-likeness (QED) is 0.614. The van der Waals surface area contributed by atoms with Gasteiger partial charge >= 0.3 is 6.18 Å². The zero-order chi connectivity index (χ0) is 14.0. The molecule has 0 radical (unpaired) electrons. The van der Waals surface area contributed by atoms with Crippen LogP contribution in [-0.2, 0) is 20.5 Å². The minimum Gasteiger partial charge on any atom is -0.291 e. The minimum atomic E-state index is -4.59. The van der Waals surface area contributed by atoms with Gasteiger partial charge < -0.3 is 0 Å². The van der Waals surface area contributed by atoms with Crippen LogP contribution in [0.2, 0.25) is 0 Å². The Labute approximate surface area is 101 Å². The van der Waals surface area contributed by atoms with Gasteiger partial charge in [-0.25, -0.2) is 0 Å². The third-order valence-electron chi connectivity index (χ3n) is 1.78. The number of alkyl halides is 3. The number of carbonyl (C=O) groups is 1. The molecule has 0 amide bonds. The van der Waals surface area contributed by atoms with Crippen LogP contribution >= 0.6 is 0 Å². The summed E-state index contributed by atoms with van der Waals surface area (Å²) in [7, 11) is -3.78. The summed E-state index contributed by atoms with van der Waals surface area (Å²) in [4.78, 5) is 14.4. The number of halogens is 3. The van der Waals surface area contributed by atoms with E-state index in [1.54, 1.807) is 0 Å². The van der Waals surface area contributed by atoms with Gasteiger partial charge in [-0.2, -0.15) is 21.6 Å². The highest BCUT2D eigenvalue weighted by Gasteiger charge is 2.32. The summed E-state index contributed by atoms with van der Waals surface area (Å²) in [6, 6.07) is 1.54. The smallest absolute Gasteiger partial charge is 0.291 e. The van der Waals surface area contributed by atoms with Crippen LogP contribution in [0.5, 0.6) is 0 Å². The first-order valence-electron chi connectivity index (χ1n) is 4.50. The summed E-state index contributed by atoms with van der Waals surface area (Å²) in [6.07, 6.45) is -3.12. The lowest BCUT2D eigenvalue weighted by Gasteiger charge is -2.06. The predicted octanol–water partition coefficient (Wildman–Crippen LogP) is 1.26. The Morgan fingerprint density at radius 2 is 2.00 bits per heavy atom. The molecule has 1 aromatic heterocycles. The summed E-state index contributed by atoms with van der Waals surface area (Å²) in [5, 5.41) is 0. The maximum absolute atomic E-state index is 12.2. The number of hydrogen-bond acceptors (Lipinski definition) is 5. The second-order valence-electron chi connectivity index (χ2n) is 3.32. The fourth-order valence-corrected chi connectivity index (χ4v) is 1.29. The molecule has 9 heteroatoms. The van der Waals surface area contributed by atoms with Crippen LogP contribution in [0.25, 0.3) is 0 Å². The lowest BCUT2D eigenvalue weighted by atomic mass is 10.2. The number of ketones is 1. The molecule has 1 heterocycles. The van der Waals surface area contributed by atoms with Crippen molar-refractivity contribution in [3.8, 4) is 0 Å². The highest BCUT2D eigenvalue weighted by Crippen LogP contribution is 2.27. The maximum atomic E-state index is 12.2. The van der Waals surface area contributed by atoms with Gasteiger partial charge in [-0.15, -0.1) is 0 Å². The van der Waals surface area contributed by atoms with Crippen LogP contribution in [0, 0.1) is 0 Å². The second kappa shape index (κ2) is 5.02. The van der Waals surface area contributed by atoms with E-state index in [9.17, 15) is 26.4 Å². The van der Waals surface area contributed by atoms with E-state index in [4.69, 9.17) is 0 Å². The van der Waals surface area contributed by atoms with E-state index in [0.717, 1.165) is 18.5 Å². The lowest BCUT2D eigenvalue weighted by molar-refractivity contribution is -0.141. The van der Waals surface area contributed by atoms with Gasteiger partial charge in [0.15, 0.2) is 5.78 Å². The summed E-state index contributed by atoms with van der Waals surface area (Å²) in [6.45, 7) is -0.772. The lowest BCUT2D eigenvalue weighted by Crippen LogP contribution is -2.14. The van der Waals surface area contributed by atoms with Crippen molar-refractivity contribution in [1.82, 2.24) is 4.98 Å². The van der Waals surface area contributed by atoms with Gasteiger partial charge in [-0.1, -0.05) is 0 Å². The number of hydrogen-bond donors (Lipinski definition) is 0. The number of Topliss-reactive ketones (excluding diaryl/α,β-unsaturated/α-hetero) is 1. The van der Waals surface area contributed by atoms with Gasteiger partial charge in [0.05, 0.1) is 6.26 Å². The number of aromatic nitrogens is 1. The van der Waals surface area contributed by atoms with Crippen molar-refractivity contribution >= 4 is 15.9 Å². The molecule has 1 aromatic rings. The topological polar surface area (TPSA) is 73.3 Å². The SMILES string of the molecule is CS(=O)(=O)OCC(=O)c1ccc(C(F)(F)F)nc1. The molecule has 0 fully saturated rings. The van der Waals surface area contributed by atoms with Crippen molar-refractivity contribution < 1.29 is 30.6 Å². The van der Waals surface area contributed by atoms with E-state index < -0.39 is 34.4 Å². The monoisotopic (exact) mass is 283 g/mol. The molecule has 0 spiro atoms. The van der Waals surface area contributed by atoms with Crippen LogP contribution in [0.1, 0.15) is 16.1 Å². The Balaban J connectivity index is 2.77. The van der Waals surface area contributed by atoms with E-state index in [-0.39, 0.29) is 5.56 Å². The average molecular weight is 283 g/mol. The first-order valence-corrected chi connectivity index (χ1v) is 6.32. The molecule has 0 aliphatic rings. The van der Waals surface area contributed by atoms with Crippen molar-refractivity contribution in [2.45, 2.75) is 6.18 Å². The van der Waals surface area contributed by atoms with Crippen LogP contribution in [0.4, 0.5) is 13.2 Å². The molecular formula is C9H8F3NO4S. The molecule has 0 atom stereocenters. The second-order valence-corrected chi connectivity index (χ2v) is 4.96. The van der Waals surface area contributed by atoms with Gasteiger partial charge in [-0.05, 0) is 12.1 Å². The first kappa shape index (κ1) is 14.6. The van der Waals surface area contributed by atoms with Crippen molar-refractivity contribution in [1.29, 1.82) is 0 Å². The minimum absolute atomic E-state index is 0.161. The summed E-state index contributed by atoms with van der Waals surface area (Å²) >= 11 is 0. The Bertz CT molecular complexity index is 536. The van der Waals surface area contributed by atoms with E-state index in [2.05, 4.69) is 9.17 Å². The zero-order valence-corrected chi connectivity index (χ0v) is 9.88. The predicted molar refractivity (Wildman–Crippen MR) is 54.4 cm³/mol. The summed E-state index contributed by atoms with van der Waals surface area (Å²) < 4.78 is 62.0. The normalized spacial score (nSPS) is 12.4. The third-order valence-corrected chi connectivity index (χ3v) is 2.33. The number of rotatable bonds is 4. The van der Waals surface area contributed by atoms with Gasteiger partial charge in [0, 0.05) is 11.8 Å². The van der Waals surface area contributed by atoms with Crippen LogP contribution < -0.4 is 0 Å². The van der Waals surface area contributed by atoms with Gasteiger partial charge in [0.1, 0.15) is 12.3 Å². The van der Waals surface area contributed by atoms with E-state index in [0.29, 0.717) is 6.07 Å². The molecule has 0 N–H and O–H groups in total. The van der Waals surface area contributed by atoms with E-state index >= 15 is 0 Å². The molecule has 0 aliphatic heterocycles. The molecule has 18 heavy (non-hydrogen) atoms. The molecule has 0 aliphatic carbocycles. The molecule has 0 unspecified atom stereocenters.